The molecule has 188 valence electrons. The molecule has 7 heteroatoms. The number of hydrogen-bond donors (Lipinski definition) is 1. The van der Waals surface area contributed by atoms with Gasteiger partial charge in [-0.1, -0.05) is 54.1 Å². The van der Waals surface area contributed by atoms with Gasteiger partial charge in [0.05, 0.1) is 5.02 Å². The Balaban J connectivity index is 1.15. The van der Waals surface area contributed by atoms with Crippen LogP contribution in [0.25, 0.3) is 20.9 Å². The molecule has 0 saturated carbocycles. The summed E-state index contributed by atoms with van der Waals surface area (Å²) in [6.45, 7) is 2.74. The Bertz CT molecular complexity index is 1370. The predicted octanol–water partition coefficient (Wildman–Crippen LogP) is 6.03. The monoisotopic (exact) mass is 522 g/mol. The van der Waals surface area contributed by atoms with Crippen molar-refractivity contribution in [1.29, 1.82) is 0 Å². The number of fused-ring (bicyclic) bond motifs is 2. The minimum atomic E-state index is -0.576. The van der Waals surface area contributed by atoms with Gasteiger partial charge in [0.25, 0.3) is 5.91 Å². The molecule has 1 amide bonds. The van der Waals surface area contributed by atoms with E-state index in [0.29, 0.717) is 28.1 Å². The Morgan fingerprint density at radius 1 is 1.11 bits per heavy atom. The molecule has 5 nitrogen and oxygen atoms in total. The van der Waals surface area contributed by atoms with E-state index >= 15 is 0 Å². The average molecular weight is 523 g/mol. The van der Waals surface area contributed by atoms with Crippen molar-refractivity contribution in [3.63, 3.8) is 0 Å². The third kappa shape index (κ3) is 5.23. The zero-order valence-corrected chi connectivity index (χ0v) is 22.2. The maximum atomic E-state index is 12.4. The zero-order valence-electron chi connectivity index (χ0n) is 20.6. The molecule has 4 aromatic rings. The molecular weight excluding hydrogens is 492 g/mol. The molecule has 1 saturated heterocycles. The zero-order chi connectivity index (χ0) is 25.2. The summed E-state index contributed by atoms with van der Waals surface area (Å²) in [5.41, 5.74) is 1.44. The van der Waals surface area contributed by atoms with Crippen molar-refractivity contribution >= 4 is 49.7 Å². The second-order valence-electron chi connectivity index (χ2n) is 9.71. The van der Waals surface area contributed by atoms with Gasteiger partial charge in [0.2, 0.25) is 0 Å². The van der Waals surface area contributed by atoms with Crippen molar-refractivity contribution in [3.05, 3.63) is 76.1 Å². The second-order valence-corrected chi connectivity index (χ2v) is 11.1. The molecule has 2 heterocycles. The molecule has 0 spiro atoms. The average Bonchev–Trinajstić information content (AvgIpc) is 3.22. The van der Waals surface area contributed by atoms with Gasteiger partial charge in [-0.25, -0.2) is 0 Å². The van der Waals surface area contributed by atoms with Gasteiger partial charge in [-0.3, -0.25) is 4.79 Å². The molecule has 1 aliphatic heterocycles. The fraction of sp³-hybridized carbons (Fsp3) is 0.345. The summed E-state index contributed by atoms with van der Waals surface area (Å²) in [7, 11) is 3.43. The lowest BCUT2D eigenvalue weighted by atomic mass is 9.86. The summed E-state index contributed by atoms with van der Waals surface area (Å²) in [5, 5.41) is 14.6. The largest absolute Gasteiger partial charge is 0.491 e. The number of likely N-dealkylation sites (tertiary alicyclic amines) is 1. The van der Waals surface area contributed by atoms with Crippen LogP contribution in [0, 0.1) is 0 Å². The fourth-order valence-corrected chi connectivity index (χ4v) is 6.61. The summed E-state index contributed by atoms with van der Waals surface area (Å²) in [6.07, 6.45) is 1.60. The third-order valence-corrected chi connectivity index (χ3v) is 8.61. The first-order valence-electron chi connectivity index (χ1n) is 12.4. The molecule has 1 N–H and O–H groups in total. The minimum Gasteiger partial charge on any atom is -0.491 e. The number of hydrogen-bond acceptors (Lipinski definition) is 5. The molecule has 1 aromatic heterocycles. The number of nitrogens with zero attached hydrogens (tertiary/aromatic N) is 2. The van der Waals surface area contributed by atoms with Crippen LogP contribution < -0.4 is 4.74 Å². The first-order valence-corrected chi connectivity index (χ1v) is 13.5. The number of ether oxygens (including phenoxy) is 1. The molecular formula is C29H31ClN2O3S. The number of aliphatic hydroxyl groups excluding tert-OH is 1. The smallest absolute Gasteiger partial charge is 0.264 e. The van der Waals surface area contributed by atoms with Gasteiger partial charge in [0.1, 0.15) is 23.3 Å². The van der Waals surface area contributed by atoms with Gasteiger partial charge < -0.3 is 19.6 Å². The Hall–Kier alpha value is -2.64. The number of β-amino-alcohol motifs (C(OH)–C–C–N with tert-alkyl or cyclic N) is 1. The number of amides is 1. The number of thiophene rings is 1. The van der Waals surface area contributed by atoms with E-state index in [9.17, 15) is 9.90 Å². The van der Waals surface area contributed by atoms with Gasteiger partial charge >= 0.3 is 0 Å². The molecule has 5 rings (SSSR count). The van der Waals surface area contributed by atoms with Gasteiger partial charge in [0, 0.05) is 30.7 Å². The maximum absolute atomic E-state index is 12.4. The van der Waals surface area contributed by atoms with Crippen LogP contribution in [0.1, 0.15) is 34.0 Å². The Kier molecular flexibility index (Phi) is 7.49. The normalized spacial score (nSPS) is 15.9. The molecule has 0 unspecified atom stereocenters. The topological polar surface area (TPSA) is 53.0 Å². The molecule has 0 radical (unpaired) electrons. The van der Waals surface area contributed by atoms with E-state index < -0.39 is 6.10 Å². The van der Waals surface area contributed by atoms with Crippen molar-refractivity contribution in [3.8, 4) is 5.75 Å². The van der Waals surface area contributed by atoms with Crippen LogP contribution >= 0.6 is 22.9 Å². The van der Waals surface area contributed by atoms with Crippen molar-refractivity contribution < 1.29 is 14.6 Å². The lowest BCUT2D eigenvalue weighted by molar-refractivity contribution is 0.0595. The van der Waals surface area contributed by atoms with Crippen molar-refractivity contribution in [2.75, 3.05) is 40.3 Å². The molecule has 36 heavy (non-hydrogen) atoms. The summed E-state index contributed by atoms with van der Waals surface area (Å²) in [6, 6.07) is 20.8. The van der Waals surface area contributed by atoms with Crippen molar-refractivity contribution in [2.24, 2.45) is 0 Å². The van der Waals surface area contributed by atoms with E-state index in [-0.39, 0.29) is 12.5 Å². The van der Waals surface area contributed by atoms with Gasteiger partial charge in [-0.2, -0.15) is 0 Å². The van der Waals surface area contributed by atoms with Crippen molar-refractivity contribution in [1.82, 2.24) is 9.80 Å². The lowest BCUT2D eigenvalue weighted by Gasteiger charge is -2.33. The standard InChI is InChI=1S/C29H31ClN2O3S/c1-31(2)29(34)28-27(30)25-11-10-22(16-26(25)36-28)35-18-21(33)17-32-14-12-20(13-15-32)24-9-5-7-19-6-3-4-8-23(19)24/h3-11,16,20-21,33H,12-15,17-18H2,1-2H3/t21-/m0/s1. The van der Waals surface area contributed by atoms with Crippen LogP contribution in [0.2, 0.25) is 5.02 Å². The number of piperidine rings is 1. The van der Waals surface area contributed by atoms with Crippen LogP contribution in [-0.4, -0.2) is 67.3 Å². The van der Waals surface area contributed by atoms with Crippen LogP contribution in [0.5, 0.6) is 5.75 Å². The van der Waals surface area contributed by atoms with Gasteiger partial charge in [-0.15, -0.1) is 11.3 Å². The Morgan fingerprint density at radius 2 is 1.86 bits per heavy atom. The van der Waals surface area contributed by atoms with E-state index in [4.69, 9.17) is 16.3 Å². The first kappa shape index (κ1) is 25.0. The highest BCUT2D eigenvalue weighted by atomic mass is 35.5. The summed E-state index contributed by atoms with van der Waals surface area (Å²) < 4.78 is 6.80. The summed E-state index contributed by atoms with van der Waals surface area (Å²) in [5.74, 6) is 1.11. The maximum Gasteiger partial charge on any atom is 0.264 e. The summed E-state index contributed by atoms with van der Waals surface area (Å²) in [4.78, 5) is 16.7. The first-order chi connectivity index (χ1) is 17.4. The molecule has 0 aliphatic carbocycles. The minimum absolute atomic E-state index is 0.108. The number of rotatable bonds is 7. The van der Waals surface area contributed by atoms with E-state index in [2.05, 4.69) is 47.4 Å². The van der Waals surface area contributed by atoms with E-state index in [1.807, 2.05) is 18.2 Å². The number of halogens is 1. The van der Waals surface area contributed by atoms with E-state index in [0.717, 1.165) is 36.0 Å². The predicted molar refractivity (Wildman–Crippen MR) is 149 cm³/mol. The highest BCUT2D eigenvalue weighted by molar-refractivity contribution is 7.21. The number of benzene rings is 3. The molecule has 1 atom stereocenters. The number of carbonyl (C=O) groups is 1. The van der Waals surface area contributed by atoms with Crippen molar-refractivity contribution in [2.45, 2.75) is 24.9 Å². The lowest BCUT2D eigenvalue weighted by Crippen LogP contribution is -2.40. The quantitative estimate of drug-likeness (QED) is 0.322. The Morgan fingerprint density at radius 3 is 2.64 bits per heavy atom. The highest BCUT2D eigenvalue weighted by Crippen LogP contribution is 2.38. The highest BCUT2D eigenvalue weighted by Gasteiger charge is 2.24. The van der Waals surface area contributed by atoms with Gasteiger partial charge in [0.15, 0.2) is 0 Å². The Labute approximate surface area is 220 Å². The molecule has 3 aromatic carbocycles. The van der Waals surface area contributed by atoms with E-state index in [1.165, 1.54) is 32.6 Å². The third-order valence-electron chi connectivity index (χ3n) is 6.96. The number of carbonyl (C=O) groups excluding carboxylic acids is 1. The van der Waals surface area contributed by atoms with Crippen LogP contribution in [0.15, 0.2) is 60.7 Å². The van der Waals surface area contributed by atoms with Crippen LogP contribution in [-0.2, 0) is 0 Å². The number of aliphatic hydroxyl groups is 1. The molecule has 1 aliphatic rings. The molecule has 0 bridgehead atoms. The second kappa shape index (κ2) is 10.8. The summed E-state index contributed by atoms with van der Waals surface area (Å²) >= 11 is 7.80. The fourth-order valence-electron chi connectivity index (χ4n) is 5.05. The van der Waals surface area contributed by atoms with Gasteiger partial charge in [-0.05, 0) is 66.4 Å². The van der Waals surface area contributed by atoms with E-state index in [1.54, 1.807) is 14.1 Å². The SMILES string of the molecule is CN(C)C(=O)c1sc2cc(OC[C@@H](O)CN3CCC(c4cccc5ccccc45)CC3)ccc2c1Cl. The van der Waals surface area contributed by atoms with Crippen LogP contribution in [0.3, 0.4) is 0 Å². The van der Waals surface area contributed by atoms with Crippen LogP contribution in [0.4, 0.5) is 0 Å². The molecule has 1 fully saturated rings.